The average Bonchev–Trinajstić information content (AvgIpc) is 2.40. The number of aliphatic hydroxyl groups excluding tert-OH is 1. The van der Waals surface area contributed by atoms with Gasteiger partial charge >= 0.3 is 0 Å². The maximum atomic E-state index is 9.16. The predicted octanol–water partition coefficient (Wildman–Crippen LogP) is 1.66. The quantitative estimate of drug-likeness (QED) is 0.826. The first kappa shape index (κ1) is 13.5. The van der Waals surface area contributed by atoms with Crippen molar-refractivity contribution in [1.82, 2.24) is 9.88 Å². The van der Waals surface area contributed by atoms with Crippen molar-refractivity contribution >= 4 is 5.69 Å². The molecule has 0 saturated carbocycles. The molecule has 0 spiro atoms. The van der Waals surface area contributed by atoms with E-state index in [0.29, 0.717) is 18.8 Å². The average molecular weight is 257 g/mol. The highest BCUT2D eigenvalue weighted by atomic mass is 16.3. The Bertz CT molecular complexity index is 502. The molecule has 0 unspecified atom stereocenters. The SMILES string of the molecule is Nc1ccnc(CN(CCO)Cc2ccccc2)c1. The second-order valence-corrected chi connectivity index (χ2v) is 4.50. The number of hydrogen-bond donors (Lipinski definition) is 2. The summed E-state index contributed by atoms with van der Waals surface area (Å²) in [7, 11) is 0. The number of nitrogens with two attached hydrogens (primary N) is 1. The van der Waals surface area contributed by atoms with Crippen molar-refractivity contribution < 1.29 is 5.11 Å². The molecule has 0 saturated heterocycles. The fraction of sp³-hybridized carbons (Fsp3) is 0.267. The monoisotopic (exact) mass is 257 g/mol. The summed E-state index contributed by atoms with van der Waals surface area (Å²) in [6, 6.07) is 13.8. The normalized spacial score (nSPS) is 10.8. The summed E-state index contributed by atoms with van der Waals surface area (Å²) in [4.78, 5) is 6.45. The van der Waals surface area contributed by atoms with Gasteiger partial charge < -0.3 is 10.8 Å². The van der Waals surface area contributed by atoms with Crippen molar-refractivity contribution in [2.45, 2.75) is 13.1 Å². The van der Waals surface area contributed by atoms with E-state index < -0.39 is 0 Å². The highest BCUT2D eigenvalue weighted by Gasteiger charge is 2.07. The van der Waals surface area contributed by atoms with Gasteiger partial charge in [-0.05, 0) is 17.7 Å². The van der Waals surface area contributed by atoms with Gasteiger partial charge in [-0.2, -0.15) is 0 Å². The third-order valence-electron chi connectivity index (χ3n) is 2.89. The summed E-state index contributed by atoms with van der Waals surface area (Å²) in [6.07, 6.45) is 1.71. The Morgan fingerprint density at radius 3 is 2.58 bits per heavy atom. The molecule has 0 atom stereocenters. The smallest absolute Gasteiger partial charge is 0.0564 e. The standard InChI is InChI=1S/C15H19N3O/c16-14-6-7-17-15(10-14)12-18(8-9-19)11-13-4-2-1-3-5-13/h1-7,10,19H,8-9,11-12H2,(H2,16,17). The zero-order valence-corrected chi connectivity index (χ0v) is 10.9. The van der Waals surface area contributed by atoms with Crippen LogP contribution in [0.1, 0.15) is 11.3 Å². The van der Waals surface area contributed by atoms with Crippen molar-refractivity contribution in [2.75, 3.05) is 18.9 Å². The molecule has 0 radical (unpaired) electrons. The van der Waals surface area contributed by atoms with E-state index in [1.54, 1.807) is 12.3 Å². The molecule has 4 nitrogen and oxygen atoms in total. The van der Waals surface area contributed by atoms with Crippen molar-refractivity contribution in [2.24, 2.45) is 0 Å². The Labute approximate surface area is 113 Å². The lowest BCUT2D eigenvalue weighted by Crippen LogP contribution is -2.26. The van der Waals surface area contributed by atoms with Crippen LogP contribution in [0.15, 0.2) is 48.7 Å². The van der Waals surface area contributed by atoms with Crippen LogP contribution in [-0.2, 0) is 13.1 Å². The van der Waals surface area contributed by atoms with Crippen LogP contribution in [0, 0.1) is 0 Å². The maximum absolute atomic E-state index is 9.16. The summed E-state index contributed by atoms with van der Waals surface area (Å²) in [5, 5.41) is 9.16. The summed E-state index contributed by atoms with van der Waals surface area (Å²) in [5.74, 6) is 0. The number of benzene rings is 1. The Hall–Kier alpha value is -1.91. The molecule has 2 aromatic rings. The van der Waals surface area contributed by atoms with Gasteiger partial charge in [0, 0.05) is 31.5 Å². The highest BCUT2D eigenvalue weighted by Crippen LogP contribution is 2.10. The lowest BCUT2D eigenvalue weighted by molar-refractivity contribution is 0.183. The number of nitrogen functional groups attached to an aromatic ring is 1. The molecule has 2 rings (SSSR count). The highest BCUT2D eigenvalue weighted by molar-refractivity contribution is 5.37. The fourth-order valence-electron chi connectivity index (χ4n) is 2.01. The van der Waals surface area contributed by atoms with E-state index in [1.807, 2.05) is 24.3 Å². The first-order valence-corrected chi connectivity index (χ1v) is 6.35. The Morgan fingerprint density at radius 2 is 1.89 bits per heavy atom. The van der Waals surface area contributed by atoms with Crippen LogP contribution in [0.25, 0.3) is 0 Å². The van der Waals surface area contributed by atoms with Gasteiger partial charge in [0.05, 0.1) is 12.3 Å². The van der Waals surface area contributed by atoms with E-state index in [-0.39, 0.29) is 6.61 Å². The zero-order chi connectivity index (χ0) is 13.5. The van der Waals surface area contributed by atoms with Crippen molar-refractivity contribution in [1.29, 1.82) is 0 Å². The summed E-state index contributed by atoms with van der Waals surface area (Å²) in [5.41, 5.74) is 8.61. The van der Waals surface area contributed by atoms with E-state index in [0.717, 1.165) is 12.2 Å². The van der Waals surface area contributed by atoms with Crippen molar-refractivity contribution in [3.8, 4) is 0 Å². The van der Waals surface area contributed by atoms with Crippen LogP contribution >= 0.6 is 0 Å². The lowest BCUT2D eigenvalue weighted by Gasteiger charge is -2.21. The largest absolute Gasteiger partial charge is 0.399 e. The Kier molecular flexibility index (Phi) is 4.89. The number of aliphatic hydroxyl groups is 1. The van der Waals surface area contributed by atoms with Gasteiger partial charge in [-0.1, -0.05) is 30.3 Å². The fourth-order valence-corrected chi connectivity index (χ4v) is 2.01. The molecule has 1 aromatic carbocycles. The molecule has 4 heteroatoms. The molecular formula is C15H19N3O. The van der Waals surface area contributed by atoms with Crippen LogP contribution in [0.4, 0.5) is 5.69 Å². The summed E-state index contributed by atoms with van der Waals surface area (Å²) < 4.78 is 0. The van der Waals surface area contributed by atoms with Gasteiger partial charge in [0.25, 0.3) is 0 Å². The predicted molar refractivity (Wildman–Crippen MR) is 76.3 cm³/mol. The molecule has 0 fully saturated rings. The van der Waals surface area contributed by atoms with E-state index in [1.165, 1.54) is 5.56 Å². The maximum Gasteiger partial charge on any atom is 0.0564 e. The van der Waals surface area contributed by atoms with Gasteiger partial charge in [0.15, 0.2) is 0 Å². The lowest BCUT2D eigenvalue weighted by atomic mass is 10.2. The topological polar surface area (TPSA) is 62.4 Å². The zero-order valence-electron chi connectivity index (χ0n) is 10.9. The van der Waals surface area contributed by atoms with Crippen molar-refractivity contribution in [3.05, 3.63) is 59.9 Å². The van der Waals surface area contributed by atoms with Gasteiger partial charge in [-0.3, -0.25) is 9.88 Å². The molecule has 0 bridgehead atoms. The van der Waals surface area contributed by atoms with Gasteiger partial charge in [-0.25, -0.2) is 0 Å². The Balaban J connectivity index is 2.04. The minimum absolute atomic E-state index is 0.134. The third-order valence-corrected chi connectivity index (χ3v) is 2.89. The third kappa shape index (κ3) is 4.35. The minimum atomic E-state index is 0.134. The second kappa shape index (κ2) is 6.87. The van der Waals surface area contributed by atoms with E-state index in [2.05, 4.69) is 22.0 Å². The molecule has 0 aliphatic rings. The Morgan fingerprint density at radius 1 is 1.11 bits per heavy atom. The second-order valence-electron chi connectivity index (χ2n) is 4.50. The van der Waals surface area contributed by atoms with Crippen molar-refractivity contribution in [3.63, 3.8) is 0 Å². The van der Waals surface area contributed by atoms with Crippen LogP contribution in [0.5, 0.6) is 0 Å². The number of nitrogens with zero attached hydrogens (tertiary/aromatic N) is 2. The summed E-state index contributed by atoms with van der Waals surface area (Å²) in [6.45, 7) is 2.22. The first-order valence-electron chi connectivity index (χ1n) is 6.35. The molecule has 1 aromatic heterocycles. The molecule has 0 aliphatic carbocycles. The molecule has 0 amide bonds. The molecule has 0 aliphatic heterocycles. The number of hydrogen-bond acceptors (Lipinski definition) is 4. The van der Waals surface area contributed by atoms with Crippen LogP contribution in [0.2, 0.25) is 0 Å². The van der Waals surface area contributed by atoms with Crippen LogP contribution in [-0.4, -0.2) is 28.1 Å². The van der Waals surface area contributed by atoms with Crippen LogP contribution in [0.3, 0.4) is 0 Å². The van der Waals surface area contributed by atoms with Gasteiger partial charge in [0.1, 0.15) is 0 Å². The molecule has 3 N–H and O–H groups in total. The number of rotatable bonds is 6. The van der Waals surface area contributed by atoms with Crippen LogP contribution < -0.4 is 5.73 Å². The minimum Gasteiger partial charge on any atom is -0.399 e. The number of anilines is 1. The molecule has 1 heterocycles. The molecular weight excluding hydrogens is 238 g/mol. The molecule has 100 valence electrons. The van der Waals surface area contributed by atoms with E-state index in [4.69, 9.17) is 10.8 Å². The first-order chi connectivity index (χ1) is 9.28. The van der Waals surface area contributed by atoms with E-state index >= 15 is 0 Å². The summed E-state index contributed by atoms with van der Waals surface area (Å²) >= 11 is 0. The van der Waals surface area contributed by atoms with Gasteiger partial charge in [0.2, 0.25) is 0 Å². The molecule has 19 heavy (non-hydrogen) atoms. The van der Waals surface area contributed by atoms with E-state index in [9.17, 15) is 0 Å². The van der Waals surface area contributed by atoms with Gasteiger partial charge in [-0.15, -0.1) is 0 Å². The number of pyridine rings is 1. The number of aromatic nitrogens is 1.